The Kier molecular flexibility index (Phi) is 3.40. The van der Waals surface area contributed by atoms with Gasteiger partial charge in [-0.1, -0.05) is 11.8 Å². The van der Waals surface area contributed by atoms with E-state index < -0.39 is 0 Å². The van der Waals surface area contributed by atoms with Gasteiger partial charge in [0.25, 0.3) is 0 Å². The van der Waals surface area contributed by atoms with Crippen LogP contribution in [0.1, 0.15) is 0 Å². The zero-order valence-electron chi connectivity index (χ0n) is 5.62. The molecule has 0 N–H and O–H groups in total. The van der Waals surface area contributed by atoms with E-state index in [4.69, 9.17) is 5.26 Å². The van der Waals surface area contributed by atoms with Crippen molar-refractivity contribution in [1.82, 2.24) is 4.98 Å². The highest BCUT2D eigenvalue weighted by molar-refractivity contribution is 9.10. The fourth-order valence-electron chi connectivity index (χ4n) is 0.578. The van der Waals surface area contributed by atoms with Gasteiger partial charge in [-0.2, -0.15) is 5.26 Å². The van der Waals surface area contributed by atoms with Crippen LogP contribution >= 0.6 is 27.7 Å². The van der Waals surface area contributed by atoms with E-state index in [1.807, 2.05) is 18.2 Å². The van der Waals surface area contributed by atoms with Gasteiger partial charge in [-0.05, 0) is 28.1 Å². The number of thioether (sulfide) groups is 1. The summed E-state index contributed by atoms with van der Waals surface area (Å²) in [4.78, 5) is 4.08. The maximum atomic E-state index is 8.30. The molecule has 56 valence electrons. The molecule has 1 aromatic rings. The van der Waals surface area contributed by atoms with E-state index in [1.165, 1.54) is 11.8 Å². The fourth-order valence-corrected chi connectivity index (χ4v) is 1.72. The molecule has 0 radical (unpaired) electrons. The smallest absolute Gasteiger partial charge is 0.111 e. The van der Waals surface area contributed by atoms with Crippen molar-refractivity contribution in [2.45, 2.75) is 5.03 Å². The molecule has 0 fully saturated rings. The van der Waals surface area contributed by atoms with E-state index in [0.29, 0.717) is 5.75 Å². The maximum Gasteiger partial charge on any atom is 0.111 e. The second kappa shape index (κ2) is 4.37. The average molecular weight is 229 g/mol. The third-order valence-corrected chi connectivity index (χ3v) is 2.77. The summed E-state index contributed by atoms with van der Waals surface area (Å²) in [6.45, 7) is 0. The molecule has 0 aliphatic rings. The number of halogens is 1. The third-order valence-electron chi connectivity index (χ3n) is 0.998. The maximum absolute atomic E-state index is 8.30. The second-order valence-corrected chi connectivity index (χ2v) is 3.56. The molecule has 1 rings (SSSR count). The highest BCUT2D eigenvalue weighted by Gasteiger charge is 1.98. The van der Waals surface area contributed by atoms with Crippen LogP contribution in [0.25, 0.3) is 0 Å². The lowest BCUT2D eigenvalue weighted by Crippen LogP contribution is -1.80. The molecular formula is C7H5BrN2S. The van der Waals surface area contributed by atoms with E-state index in [-0.39, 0.29) is 0 Å². The Morgan fingerprint density at radius 2 is 2.55 bits per heavy atom. The van der Waals surface area contributed by atoms with Gasteiger partial charge in [0.15, 0.2) is 0 Å². The van der Waals surface area contributed by atoms with Crippen LogP contribution in [0.4, 0.5) is 0 Å². The summed E-state index contributed by atoms with van der Waals surface area (Å²) in [7, 11) is 0. The Morgan fingerprint density at radius 3 is 3.18 bits per heavy atom. The van der Waals surface area contributed by atoms with Crippen LogP contribution in [-0.2, 0) is 0 Å². The molecule has 0 aromatic carbocycles. The topological polar surface area (TPSA) is 36.7 Å². The normalized spacial score (nSPS) is 9.09. The van der Waals surface area contributed by atoms with E-state index in [0.717, 1.165) is 9.50 Å². The van der Waals surface area contributed by atoms with Crippen molar-refractivity contribution in [3.63, 3.8) is 0 Å². The zero-order valence-corrected chi connectivity index (χ0v) is 8.02. The molecule has 0 amide bonds. The van der Waals surface area contributed by atoms with Crippen LogP contribution in [0.3, 0.4) is 0 Å². The number of nitrogens with zero attached hydrogens (tertiary/aromatic N) is 2. The first kappa shape index (κ1) is 8.57. The molecular weight excluding hydrogens is 224 g/mol. The number of pyridine rings is 1. The van der Waals surface area contributed by atoms with Crippen molar-refractivity contribution >= 4 is 27.7 Å². The summed E-state index contributed by atoms with van der Waals surface area (Å²) in [5.41, 5.74) is 0. The van der Waals surface area contributed by atoms with Crippen molar-refractivity contribution in [2.75, 3.05) is 5.75 Å². The number of nitriles is 1. The van der Waals surface area contributed by atoms with E-state index in [9.17, 15) is 0 Å². The highest BCUT2D eigenvalue weighted by atomic mass is 79.9. The Morgan fingerprint density at radius 1 is 1.73 bits per heavy atom. The van der Waals surface area contributed by atoms with E-state index in [2.05, 4.69) is 20.9 Å². The van der Waals surface area contributed by atoms with Gasteiger partial charge in [0.05, 0.1) is 11.8 Å². The van der Waals surface area contributed by atoms with Gasteiger partial charge in [0, 0.05) is 10.7 Å². The summed E-state index contributed by atoms with van der Waals surface area (Å²) in [6.07, 6.45) is 1.71. The average Bonchev–Trinajstić information content (AvgIpc) is 2.03. The predicted octanol–water partition coefficient (Wildman–Crippen LogP) is 2.46. The largest absolute Gasteiger partial charge is 0.249 e. The van der Waals surface area contributed by atoms with Crippen LogP contribution in [0.5, 0.6) is 0 Å². The summed E-state index contributed by atoms with van der Waals surface area (Å²) < 4.78 is 0.945. The first-order valence-corrected chi connectivity index (χ1v) is 4.72. The van der Waals surface area contributed by atoms with E-state index in [1.54, 1.807) is 6.20 Å². The summed E-state index contributed by atoms with van der Waals surface area (Å²) >= 11 is 4.76. The molecule has 0 unspecified atom stereocenters. The van der Waals surface area contributed by atoms with Crippen LogP contribution in [0, 0.1) is 11.3 Å². The molecule has 11 heavy (non-hydrogen) atoms. The second-order valence-electron chi connectivity index (χ2n) is 1.74. The SMILES string of the molecule is N#CCSc1ncccc1Br. The molecule has 0 aliphatic heterocycles. The van der Waals surface area contributed by atoms with Crippen molar-refractivity contribution in [2.24, 2.45) is 0 Å². The minimum Gasteiger partial charge on any atom is -0.249 e. The minimum atomic E-state index is 0.440. The van der Waals surface area contributed by atoms with Gasteiger partial charge in [0.1, 0.15) is 5.03 Å². The molecule has 0 aliphatic carbocycles. The molecule has 0 spiro atoms. The first-order valence-electron chi connectivity index (χ1n) is 2.95. The number of aromatic nitrogens is 1. The van der Waals surface area contributed by atoms with Crippen LogP contribution in [0.2, 0.25) is 0 Å². The molecule has 1 aromatic heterocycles. The molecule has 0 bridgehead atoms. The van der Waals surface area contributed by atoms with Crippen molar-refractivity contribution in [3.05, 3.63) is 22.8 Å². The molecule has 1 heterocycles. The molecule has 0 saturated carbocycles. The zero-order chi connectivity index (χ0) is 8.10. The number of hydrogen-bond donors (Lipinski definition) is 0. The predicted molar refractivity (Wildman–Crippen MR) is 48.3 cm³/mol. The standard InChI is InChI=1S/C7H5BrN2S/c8-6-2-1-4-10-7(6)11-5-3-9/h1-2,4H,5H2. The Bertz CT molecular complexity index is 282. The van der Waals surface area contributed by atoms with Crippen molar-refractivity contribution < 1.29 is 0 Å². The summed E-state index contributed by atoms with van der Waals surface area (Å²) in [5.74, 6) is 0.440. The van der Waals surface area contributed by atoms with Crippen LogP contribution < -0.4 is 0 Å². The van der Waals surface area contributed by atoms with Gasteiger partial charge < -0.3 is 0 Å². The highest BCUT2D eigenvalue weighted by Crippen LogP contribution is 2.23. The lowest BCUT2D eigenvalue weighted by molar-refractivity contribution is 1.11. The monoisotopic (exact) mass is 228 g/mol. The van der Waals surface area contributed by atoms with Gasteiger partial charge in [-0.3, -0.25) is 0 Å². The number of rotatable bonds is 2. The molecule has 0 saturated heterocycles. The van der Waals surface area contributed by atoms with Crippen molar-refractivity contribution in [1.29, 1.82) is 5.26 Å². The third kappa shape index (κ3) is 2.52. The summed E-state index contributed by atoms with van der Waals surface area (Å²) in [6, 6.07) is 5.80. The van der Waals surface area contributed by atoms with Crippen molar-refractivity contribution in [3.8, 4) is 6.07 Å². The number of hydrogen-bond acceptors (Lipinski definition) is 3. The first-order chi connectivity index (χ1) is 5.34. The quantitative estimate of drug-likeness (QED) is 0.731. The van der Waals surface area contributed by atoms with Gasteiger partial charge in [-0.25, -0.2) is 4.98 Å². The van der Waals surface area contributed by atoms with Crippen LogP contribution in [-0.4, -0.2) is 10.7 Å². The Labute approximate surface area is 77.8 Å². The Hall–Kier alpha value is -0.530. The van der Waals surface area contributed by atoms with Gasteiger partial charge in [-0.15, -0.1) is 0 Å². The fraction of sp³-hybridized carbons (Fsp3) is 0.143. The van der Waals surface area contributed by atoms with Crippen LogP contribution in [0.15, 0.2) is 27.8 Å². The Balaban J connectivity index is 2.71. The molecule has 4 heteroatoms. The van der Waals surface area contributed by atoms with Gasteiger partial charge in [0.2, 0.25) is 0 Å². The molecule has 0 atom stereocenters. The lowest BCUT2D eigenvalue weighted by Gasteiger charge is -1.96. The van der Waals surface area contributed by atoms with Gasteiger partial charge >= 0.3 is 0 Å². The molecule has 2 nitrogen and oxygen atoms in total. The van der Waals surface area contributed by atoms with E-state index >= 15 is 0 Å². The minimum absolute atomic E-state index is 0.440. The lowest BCUT2D eigenvalue weighted by atomic mass is 10.5. The summed E-state index contributed by atoms with van der Waals surface area (Å²) in [5, 5.41) is 9.17.